The van der Waals surface area contributed by atoms with E-state index in [-0.39, 0.29) is 0 Å². The number of nitrogens with zero attached hydrogens (tertiary/aromatic N) is 3. The molecule has 14 heavy (non-hydrogen) atoms. The quantitative estimate of drug-likeness (QED) is 0.769. The van der Waals surface area contributed by atoms with E-state index in [1.54, 1.807) is 11.0 Å². The van der Waals surface area contributed by atoms with Crippen LogP contribution in [0.2, 0.25) is 0 Å². The zero-order valence-electron chi connectivity index (χ0n) is 8.22. The molecule has 5 nitrogen and oxygen atoms in total. The molecule has 0 bridgehead atoms. The average molecular weight is 196 g/mol. The lowest BCUT2D eigenvalue weighted by molar-refractivity contribution is 0.183. The lowest BCUT2D eigenvalue weighted by Crippen LogP contribution is -2.04. The number of hydrogen-bond acceptors (Lipinski definition) is 4. The fourth-order valence-corrected chi connectivity index (χ4v) is 1.77. The van der Waals surface area contributed by atoms with E-state index in [0.717, 1.165) is 32.1 Å². The van der Waals surface area contributed by atoms with E-state index in [4.69, 9.17) is 10.5 Å². The first-order valence-corrected chi connectivity index (χ1v) is 5.07. The Balaban J connectivity index is 1.67. The third kappa shape index (κ3) is 2.45. The summed E-state index contributed by atoms with van der Waals surface area (Å²) in [6, 6.07) is 0. The van der Waals surface area contributed by atoms with Crippen LogP contribution in [0.5, 0.6) is 0 Å². The lowest BCUT2D eigenvalue weighted by atomic mass is 10.0. The fraction of sp³-hybridized carbons (Fsp3) is 0.778. The number of nitrogen functional groups attached to an aromatic ring is 1. The maximum Gasteiger partial charge on any atom is 0.239 e. The van der Waals surface area contributed by atoms with Crippen LogP contribution in [0.3, 0.4) is 0 Å². The zero-order chi connectivity index (χ0) is 9.80. The zero-order valence-corrected chi connectivity index (χ0v) is 8.22. The predicted molar refractivity (Wildman–Crippen MR) is 52.6 cm³/mol. The van der Waals surface area contributed by atoms with E-state index in [2.05, 4.69) is 10.1 Å². The van der Waals surface area contributed by atoms with Gasteiger partial charge in [0.1, 0.15) is 6.33 Å². The molecular formula is C9H16N4O. The highest BCUT2D eigenvalue weighted by molar-refractivity contribution is 5.09. The largest absolute Gasteiger partial charge is 0.381 e. The van der Waals surface area contributed by atoms with Gasteiger partial charge >= 0.3 is 0 Å². The molecule has 2 heterocycles. The van der Waals surface area contributed by atoms with Gasteiger partial charge in [-0.1, -0.05) is 0 Å². The first-order chi connectivity index (χ1) is 6.84. The van der Waals surface area contributed by atoms with Crippen molar-refractivity contribution in [3.63, 3.8) is 0 Å². The Kier molecular flexibility index (Phi) is 2.98. The summed E-state index contributed by atoms with van der Waals surface area (Å²) in [6.45, 7) is 2.77. The van der Waals surface area contributed by atoms with Crippen LogP contribution < -0.4 is 5.73 Å². The summed E-state index contributed by atoms with van der Waals surface area (Å²) in [6.07, 6.45) is 5.22. The minimum absolute atomic E-state index is 0.356. The summed E-state index contributed by atoms with van der Waals surface area (Å²) in [5, 5.41) is 4.03. The van der Waals surface area contributed by atoms with E-state index >= 15 is 0 Å². The van der Waals surface area contributed by atoms with Crippen LogP contribution in [0.4, 0.5) is 5.95 Å². The molecule has 1 aliphatic rings. The van der Waals surface area contributed by atoms with Crippen molar-refractivity contribution in [2.24, 2.45) is 5.92 Å². The minimum Gasteiger partial charge on any atom is -0.381 e. The number of rotatable bonds is 4. The van der Waals surface area contributed by atoms with Gasteiger partial charge < -0.3 is 10.5 Å². The molecule has 1 atom stereocenters. The highest BCUT2D eigenvalue weighted by Crippen LogP contribution is 2.18. The van der Waals surface area contributed by atoms with Crippen molar-refractivity contribution in [2.45, 2.75) is 25.8 Å². The second-order valence-electron chi connectivity index (χ2n) is 3.74. The molecule has 1 unspecified atom stereocenters. The van der Waals surface area contributed by atoms with E-state index < -0.39 is 0 Å². The van der Waals surface area contributed by atoms with Gasteiger partial charge in [-0.25, -0.2) is 4.98 Å². The first kappa shape index (κ1) is 9.45. The topological polar surface area (TPSA) is 66.0 Å². The summed E-state index contributed by atoms with van der Waals surface area (Å²) in [5.74, 6) is 1.10. The van der Waals surface area contributed by atoms with Gasteiger partial charge in [0.2, 0.25) is 5.95 Å². The lowest BCUT2D eigenvalue weighted by Gasteiger charge is -2.06. The smallest absolute Gasteiger partial charge is 0.239 e. The third-order valence-corrected chi connectivity index (χ3v) is 2.58. The van der Waals surface area contributed by atoms with Crippen LogP contribution in [0, 0.1) is 5.92 Å². The highest BCUT2D eigenvalue weighted by atomic mass is 16.5. The maximum atomic E-state index is 5.41. The Morgan fingerprint density at radius 3 is 3.21 bits per heavy atom. The van der Waals surface area contributed by atoms with Crippen molar-refractivity contribution in [1.29, 1.82) is 0 Å². The molecule has 78 valence electrons. The van der Waals surface area contributed by atoms with Gasteiger partial charge in [0.15, 0.2) is 0 Å². The fourth-order valence-electron chi connectivity index (χ4n) is 1.77. The molecular weight excluding hydrogens is 180 g/mol. The standard InChI is InChI=1S/C9H16N4O/c10-9-11-7-13(12-9)4-1-2-8-3-5-14-6-8/h7-8H,1-6H2,(H2,10,12). The van der Waals surface area contributed by atoms with Crippen LogP contribution in [0.1, 0.15) is 19.3 Å². The van der Waals surface area contributed by atoms with Crippen molar-refractivity contribution in [1.82, 2.24) is 14.8 Å². The molecule has 0 aliphatic carbocycles. The van der Waals surface area contributed by atoms with Crippen LogP contribution >= 0.6 is 0 Å². The molecule has 1 aromatic rings. The number of aromatic nitrogens is 3. The summed E-state index contributed by atoms with van der Waals surface area (Å²) in [4.78, 5) is 3.87. The molecule has 0 aromatic carbocycles. The van der Waals surface area contributed by atoms with E-state index in [0.29, 0.717) is 5.95 Å². The Morgan fingerprint density at radius 1 is 1.64 bits per heavy atom. The molecule has 1 fully saturated rings. The van der Waals surface area contributed by atoms with Crippen LogP contribution in [-0.2, 0) is 11.3 Å². The van der Waals surface area contributed by atoms with Crippen molar-refractivity contribution in [3.05, 3.63) is 6.33 Å². The molecule has 1 aromatic heterocycles. The van der Waals surface area contributed by atoms with Gasteiger partial charge in [-0.05, 0) is 25.2 Å². The van der Waals surface area contributed by atoms with Gasteiger partial charge in [0, 0.05) is 19.8 Å². The van der Waals surface area contributed by atoms with Crippen molar-refractivity contribution in [3.8, 4) is 0 Å². The predicted octanol–water partition coefficient (Wildman–Crippen LogP) is 0.677. The normalized spacial score (nSPS) is 21.6. The van der Waals surface area contributed by atoms with Gasteiger partial charge in [-0.3, -0.25) is 4.68 Å². The summed E-state index contributed by atoms with van der Waals surface area (Å²) >= 11 is 0. The van der Waals surface area contributed by atoms with Gasteiger partial charge in [-0.15, -0.1) is 5.10 Å². The Morgan fingerprint density at radius 2 is 2.57 bits per heavy atom. The summed E-state index contributed by atoms with van der Waals surface area (Å²) in [5.41, 5.74) is 5.41. The molecule has 5 heteroatoms. The molecule has 2 N–H and O–H groups in total. The highest BCUT2D eigenvalue weighted by Gasteiger charge is 2.14. The molecule has 0 radical (unpaired) electrons. The Labute approximate surface area is 83.3 Å². The van der Waals surface area contributed by atoms with Crippen LogP contribution in [0.15, 0.2) is 6.33 Å². The third-order valence-electron chi connectivity index (χ3n) is 2.58. The van der Waals surface area contributed by atoms with Gasteiger partial charge in [-0.2, -0.15) is 0 Å². The van der Waals surface area contributed by atoms with Crippen LogP contribution in [0.25, 0.3) is 0 Å². The summed E-state index contributed by atoms with van der Waals surface area (Å²) < 4.78 is 7.11. The first-order valence-electron chi connectivity index (χ1n) is 5.07. The van der Waals surface area contributed by atoms with Crippen molar-refractivity contribution >= 4 is 5.95 Å². The SMILES string of the molecule is Nc1ncn(CCCC2CCOC2)n1. The van der Waals surface area contributed by atoms with Crippen molar-refractivity contribution in [2.75, 3.05) is 18.9 Å². The number of anilines is 1. The summed E-state index contributed by atoms with van der Waals surface area (Å²) in [7, 11) is 0. The van der Waals surface area contributed by atoms with E-state index in [1.165, 1.54) is 12.8 Å². The van der Waals surface area contributed by atoms with Gasteiger partial charge in [0.25, 0.3) is 0 Å². The second kappa shape index (κ2) is 4.41. The molecule has 2 rings (SSSR count). The number of ether oxygens (including phenoxy) is 1. The molecule has 0 saturated carbocycles. The minimum atomic E-state index is 0.356. The second-order valence-corrected chi connectivity index (χ2v) is 3.74. The molecule has 1 saturated heterocycles. The van der Waals surface area contributed by atoms with E-state index in [1.807, 2.05) is 0 Å². The number of aryl methyl sites for hydroxylation is 1. The van der Waals surface area contributed by atoms with E-state index in [9.17, 15) is 0 Å². The average Bonchev–Trinajstić information content (AvgIpc) is 2.77. The van der Waals surface area contributed by atoms with Crippen molar-refractivity contribution < 1.29 is 4.74 Å². The number of nitrogens with two attached hydrogens (primary N) is 1. The Hall–Kier alpha value is -1.10. The van der Waals surface area contributed by atoms with Gasteiger partial charge in [0.05, 0.1) is 0 Å². The molecule has 0 amide bonds. The van der Waals surface area contributed by atoms with Crippen LogP contribution in [-0.4, -0.2) is 28.0 Å². The number of hydrogen-bond donors (Lipinski definition) is 1. The monoisotopic (exact) mass is 196 g/mol. The maximum absolute atomic E-state index is 5.41. The molecule has 1 aliphatic heterocycles. The Bertz CT molecular complexity index is 280. The molecule has 0 spiro atoms.